The summed E-state index contributed by atoms with van der Waals surface area (Å²) in [5.41, 5.74) is 9.04. The summed E-state index contributed by atoms with van der Waals surface area (Å²) in [6.45, 7) is 4.65. The fraction of sp³-hybridized carbons (Fsp3) is 0.350. The van der Waals surface area contributed by atoms with Crippen molar-refractivity contribution in [2.24, 2.45) is 11.7 Å². The number of halogens is 1. The van der Waals surface area contributed by atoms with E-state index in [0.29, 0.717) is 29.9 Å². The molecule has 5 heteroatoms. The molecule has 1 amide bonds. The fourth-order valence-electron chi connectivity index (χ4n) is 3.53. The van der Waals surface area contributed by atoms with E-state index in [1.807, 2.05) is 25.1 Å². The highest BCUT2D eigenvalue weighted by molar-refractivity contribution is 6.31. The Hall–Kier alpha value is -1.88. The Bertz CT molecular complexity index is 735. The van der Waals surface area contributed by atoms with Crippen molar-refractivity contribution in [3.63, 3.8) is 0 Å². The lowest BCUT2D eigenvalue weighted by Crippen LogP contribution is -2.32. The number of hydrogen-bond donors (Lipinski definition) is 2. The largest absolute Gasteiger partial charge is 0.330 e. The minimum atomic E-state index is -0.0187. The molecule has 0 aromatic heterocycles. The topological polar surface area (TPSA) is 58.4 Å². The van der Waals surface area contributed by atoms with E-state index in [-0.39, 0.29) is 5.91 Å². The molecular formula is C20H24ClN3O. The van der Waals surface area contributed by atoms with Crippen LogP contribution in [-0.4, -0.2) is 37.0 Å². The quantitative estimate of drug-likeness (QED) is 0.863. The summed E-state index contributed by atoms with van der Waals surface area (Å²) in [6, 6.07) is 15.9. The molecule has 25 heavy (non-hydrogen) atoms. The van der Waals surface area contributed by atoms with Gasteiger partial charge in [0, 0.05) is 29.7 Å². The predicted octanol–water partition coefficient (Wildman–Crippen LogP) is 3.26. The minimum Gasteiger partial charge on any atom is -0.330 e. The first-order valence-electron chi connectivity index (χ1n) is 8.60. The first-order valence-corrected chi connectivity index (χ1v) is 8.98. The number of anilines is 1. The second-order valence-corrected chi connectivity index (χ2v) is 7.15. The zero-order chi connectivity index (χ0) is 17.8. The van der Waals surface area contributed by atoms with Gasteiger partial charge in [-0.1, -0.05) is 48.0 Å². The number of rotatable bonds is 5. The number of nitrogens with one attached hydrogen (secondary N) is 1. The Labute approximate surface area is 154 Å². The third kappa shape index (κ3) is 4.40. The molecule has 1 aliphatic heterocycles. The maximum absolute atomic E-state index is 12.4. The molecule has 4 nitrogen and oxygen atoms in total. The van der Waals surface area contributed by atoms with Crippen molar-refractivity contribution >= 4 is 23.2 Å². The highest BCUT2D eigenvalue weighted by Gasteiger charge is 2.33. The maximum Gasteiger partial charge on any atom is 0.238 e. The van der Waals surface area contributed by atoms with E-state index in [9.17, 15) is 4.79 Å². The summed E-state index contributed by atoms with van der Waals surface area (Å²) in [4.78, 5) is 14.6. The van der Waals surface area contributed by atoms with Crippen LogP contribution in [0.3, 0.4) is 0 Å². The van der Waals surface area contributed by atoms with Crippen LogP contribution in [-0.2, 0) is 4.79 Å². The van der Waals surface area contributed by atoms with Gasteiger partial charge in [0.25, 0.3) is 0 Å². The lowest BCUT2D eigenvalue weighted by atomic mass is 9.89. The number of benzene rings is 2. The first kappa shape index (κ1) is 17.9. The normalized spacial score (nSPS) is 20.6. The fourth-order valence-corrected chi connectivity index (χ4v) is 3.70. The molecule has 0 aliphatic carbocycles. The molecule has 0 unspecified atom stereocenters. The van der Waals surface area contributed by atoms with E-state index >= 15 is 0 Å². The smallest absolute Gasteiger partial charge is 0.238 e. The Balaban J connectivity index is 1.63. The zero-order valence-electron chi connectivity index (χ0n) is 14.4. The monoisotopic (exact) mass is 357 g/mol. The van der Waals surface area contributed by atoms with E-state index in [2.05, 4.69) is 34.5 Å². The maximum atomic E-state index is 12.4. The van der Waals surface area contributed by atoms with Crippen LogP contribution in [0.5, 0.6) is 0 Å². The summed E-state index contributed by atoms with van der Waals surface area (Å²) in [5, 5.41) is 3.59. The number of likely N-dealkylation sites (tertiary alicyclic amines) is 1. The van der Waals surface area contributed by atoms with Crippen LogP contribution in [0.25, 0.3) is 0 Å². The number of carbonyl (C=O) groups excluding carboxylic acids is 1. The number of amides is 1. The Morgan fingerprint density at radius 2 is 2.00 bits per heavy atom. The molecule has 0 radical (unpaired) electrons. The molecule has 3 rings (SSSR count). The second-order valence-electron chi connectivity index (χ2n) is 6.71. The number of carbonyl (C=O) groups is 1. The molecule has 2 aromatic rings. The van der Waals surface area contributed by atoms with Gasteiger partial charge >= 0.3 is 0 Å². The third-order valence-corrected chi connectivity index (χ3v) is 5.12. The first-order chi connectivity index (χ1) is 12.1. The third-order valence-electron chi connectivity index (χ3n) is 4.89. The molecule has 1 heterocycles. The lowest BCUT2D eigenvalue weighted by Gasteiger charge is -2.17. The van der Waals surface area contributed by atoms with Crippen molar-refractivity contribution in [2.45, 2.75) is 12.8 Å². The van der Waals surface area contributed by atoms with Crippen molar-refractivity contribution in [1.29, 1.82) is 0 Å². The molecule has 2 atom stereocenters. The lowest BCUT2D eigenvalue weighted by molar-refractivity contribution is -0.117. The van der Waals surface area contributed by atoms with Gasteiger partial charge in [-0.3, -0.25) is 9.69 Å². The van der Waals surface area contributed by atoms with E-state index in [4.69, 9.17) is 17.3 Å². The van der Waals surface area contributed by atoms with Crippen LogP contribution in [0.2, 0.25) is 5.02 Å². The van der Waals surface area contributed by atoms with Gasteiger partial charge in [0.05, 0.1) is 6.54 Å². The van der Waals surface area contributed by atoms with Gasteiger partial charge < -0.3 is 11.1 Å². The molecule has 1 fully saturated rings. The van der Waals surface area contributed by atoms with Gasteiger partial charge in [0.2, 0.25) is 5.91 Å². The van der Waals surface area contributed by atoms with Crippen LogP contribution in [0.15, 0.2) is 48.5 Å². The number of aryl methyl sites for hydroxylation is 1. The zero-order valence-corrected chi connectivity index (χ0v) is 15.2. The Morgan fingerprint density at radius 3 is 2.72 bits per heavy atom. The summed E-state index contributed by atoms with van der Waals surface area (Å²) >= 11 is 6.02. The molecule has 0 bridgehead atoms. The number of nitrogens with two attached hydrogens (primary N) is 1. The SMILES string of the molecule is Cc1ccc(Cl)cc1NC(=O)CN1C[C@@H](CN)[C@H](c2ccccc2)C1. The molecule has 0 spiro atoms. The van der Waals surface area contributed by atoms with Crippen molar-refractivity contribution in [3.05, 3.63) is 64.7 Å². The van der Waals surface area contributed by atoms with E-state index in [1.54, 1.807) is 6.07 Å². The molecular weight excluding hydrogens is 334 g/mol. The van der Waals surface area contributed by atoms with E-state index in [1.165, 1.54) is 5.56 Å². The number of hydrogen-bond acceptors (Lipinski definition) is 3. The van der Waals surface area contributed by atoms with Gasteiger partial charge in [0.15, 0.2) is 0 Å². The van der Waals surface area contributed by atoms with Crippen LogP contribution >= 0.6 is 11.6 Å². The molecule has 3 N–H and O–H groups in total. The van der Waals surface area contributed by atoms with Gasteiger partial charge in [0.1, 0.15) is 0 Å². The molecule has 0 saturated carbocycles. The van der Waals surface area contributed by atoms with Gasteiger partial charge in [-0.2, -0.15) is 0 Å². The van der Waals surface area contributed by atoms with Crippen molar-refractivity contribution in [1.82, 2.24) is 4.90 Å². The van der Waals surface area contributed by atoms with Crippen LogP contribution < -0.4 is 11.1 Å². The summed E-state index contributed by atoms with van der Waals surface area (Å²) < 4.78 is 0. The van der Waals surface area contributed by atoms with Gasteiger partial charge in [-0.25, -0.2) is 0 Å². The summed E-state index contributed by atoms with van der Waals surface area (Å²) in [7, 11) is 0. The summed E-state index contributed by atoms with van der Waals surface area (Å²) in [6.07, 6.45) is 0. The minimum absolute atomic E-state index is 0.0187. The van der Waals surface area contributed by atoms with Gasteiger partial charge in [-0.05, 0) is 42.6 Å². The van der Waals surface area contributed by atoms with Crippen molar-refractivity contribution < 1.29 is 4.79 Å². The average molecular weight is 358 g/mol. The summed E-state index contributed by atoms with van der Waals surface area (Å²) in [5.74, 6) is 0.741. The van der Waals surface area contributed by atoms with Crippen molar-refractivity contribution in [2.75, 3.05) is 31.5 Å². The Morgan fingerprint density at radius 1 is 1.24 bits per heavy atom. The van der Waals surface area contributed by atoms with Crippen LogP contribution in [0.1, 0.15) is 17.0 Å². The standard InChI is InChI=1S/C20H24ClN3O/c1-14-7-8-17(21)9-19(14)23-20(25)13-24-11-16(10-22)18(12-24)15-5-3-2-4-6-15/h2-9,16,18H,10-13,22H2,1H3,(H,23,25)/t16-,18+/m1/s1. The number of nitrogens with zero attached hydrogens (tertiary/aromatic N) is 1. The van der Waals surface area contributed by atoms with Crippen molar-refractivity contribution in [3.8, 4) is 0 Å². The molecule has 132 valence electrons. The molecule has 1 saturated heterocycles. The van der Waals surface area contributed by atoms with E-state index in [0.717, 1.165) is 24.3 Å². The Kier molecular flexibility index (Phi) is 5.74. The van der Waals surface area contributed by atoms with Gasteiger partial charge in [-0.15, -0.1) is 0 Å². The molecule has 1 aliphatic rings. The predicted molar refractivity (Wildman–Crippen MR) is 103 cm³/mol. The molecule has 2 aromatic carbocycles. The van der Waals surface area contributed by atoms with E-state index < -0.39 is 0 Å². The highest BCUT2D eigenvalue weighted by atomic mass is 35.5. The highest BCUT2D eigenvalue weighted by Crippen LogP contribution is 2.31. The second kappa shape index (κ2) is 8.00. The van der Waals surface area contributed by atoms with Crippen LogP contribution in [0.4, 0.5) is 5.69 Å². The van der Waals surface area contributed by atoms with Crippen LogP contribution in [0, 0.1) is 12.8 Å². The average Bonchev–Trinajstić information content (AvgIpc) is 3.01.